The first-order chi connectivity index (χ1) is 13.0. The molecule has 1 aromatic carbocycles. The lowest BCUT2D eigenvalue weighted by atomic mass is 10.1. The number of carbonyl (C=O) groups is 3. The molecule has 1 heterocycles. The van der Waals surface area contributed by atoms with Crippen LogP contribution in [0.3, 0.4) is 0 Å². The average molecular weight is 409 g/mol. The Hall–Kier alpha value is -2.52. The third kappa shape index (κ3) is 5.48. The van der Waals surface area contributed by atoms with E-state index in [4.69, 9.17) is 19.9 Å². The highest BCUT2D eigenvalue weighted by atomic mass is 32.2. The van der Waals surface area contributed by atoms with Gasteiger partial charge in [0.15, 0.2) is 0 Å². The first-order valence-corrected chi connectivity index (χ1v) is 9.69. The molecule has 2 rings (SSSR count). The van der Waals surface area contributed by atoms with Gasteiger partial charge in [0.2, 0.25) is 0 Å². The van der Waals surface area contributed by atoms with Gasteiger partial charge in [-0.05, 0) is 12.1 Å². The van der Waals surface area contributed by atoms with Crippen LogP contribution in [0.15, 0.2) is 35.2 Å². The maximum atomic E-state index is 12.0. The molecule has 0 aliphatic heterocycles. The smallest absolute Gasteiger partial charge is 0.348 e. The summed E-state index contributed by atoms with van der Waals surface area (Å²) in [4.78, 5) is 37.1. The molecule has 0 bridgehead atoms. The molecule has 0 saturated carbocycles. The minimum atomic E-state index is -0.704. The molecule has 2 aromatic rings. The second kappa shape index (κ2) is 9.98. The number of ether oxygens (including phenoxy) is 3. The van der Waals surface area contributed by atoms with E-state index in [9.17, 15) is 14.4 Å². The Balaban J connectivity index is 2.01. The average Bonchev–Trinajstić information content (AvgIpc) is 3.02. The van der Waals surface area contributed by atoms with E-state index in [0.717, 1.165) is 16.2 Å². The number of nitrogen functional groups attached to an aromatic ring is 1. The molecular formula is C18H19NO6S2. The predicted octanol–water partition coefficient (Wildman–Crippen LogP) is 3.13. The van der Waals surface area contributed by atoms with Crippen LogP contribution in [0.1, 0.15) is 32.0 Å². The van der Waals surface area contributed by atoms with E-state index >= 15 is 0 Å². The maximum absolute atomic E-state index is 12.0. The SMILES string of the molecule is COC(=O)c1sc(N)c(C(=O)OC)c1COC(=O)CCSc1ccccc1. The van der Waals surface area contributed by atoms with Crippen molar-refractivity contribution in [3.8, 4) is 0 Å². The first kappa shape index (κ1) is 20.8. The standard InChI is InChI=1S/C18H19NO6S2/c1-23-17(21)14-12(15(18(22)24-2)27-16(14)19)10-25-13(20)8-9-26-11-6-4-3-5-7-11/h3-7H,8-10,19H2,1-2H3. The van der Waals surface area contributed by atoms with E-state index in [1.807, 2.05) is 30.3 Å². The number of thioether (sulfide) groups is 1. The molecule has 144 valence electrons. The van der Waals surface area contributed by atoms with Crippen molar-refractivity contribution in [1.29, 1.82) is 0 Å². The van der Waals surface area contributed by atoms with Crippen molar-refractivity contribution in [3.05, 3.63) is 46.3 Å². The van der Waals surface area contributed by atoms with E-state index in [1.165, 1.54) is 26.0 Å². The number of benzene rings is 1. The number of hydrogen-bond donors (Lipinski definition) is 1. The lowest BCUT2D eigenvalue weighted by molar-refractivity contribution is -0.144. The number of rotatable bonds is 8. The van der Waals surface area contributed by atoms with Crippen molar-refractivity contribution in [3.63, 3.8) is 0 Å². The molecule has 1 aromatic heterocycles. The van der Waals surface area contributed by atoms with Crippen LogP contribution in [0.2, 0.25) is 0 Å². The molecule has 0 aliphatic rings. The summed E-state index contributed by atoms with van der Waals surface area (Å²) in [6.07, 6.45) is 0.181. The van der Waals surface area contributed by atoms with Crippen LogP contribution in [-0.2, 0) is 25.6 Å². The maximum Gasteiger partial charge on any atom is 0.348 e. The molecule has 0 radical (unpaired) electrons. The summed E-state index contributed by atoms with van der Waals surface area (Å²) < 4.78 is 14.6. The highest BCUT2D eigenvalue weighted by molar-refractivity contribution is 7.99. The van der Waals surface area contributed by atoms with Crippen LogP contribution in [0.25, 0.3) is 0 Å². The van der Waals surface area contributed by atoms with E-state index in [-0.39, 0.29) is 34.0 Å². The number of esters is 3. The van der Waals surface area contributed by atoms with Gasteiger partial charge in [-0.1, -0.05) is 18.2 Å². The van der Waals surface area contributed by atoms with Crippen LogP contribution >= 0.6 is 23.1 Å². The van der Waals surface area contributed by atoms with Crippen LogP contribution in [0, 0.1) is 0 Å². The third-order valence-corrected chi connectivity index (χ3v) is 5.55. The molecule has 0 amide bonds. The molecule has 0 unspecified atom stereocenters. The zero-order valence-electron chi connectivity index (χ0n) is 14.9. The molecule has 0 aliphatic carbocycles. The van der Waals surface area contributed by atoms with Crippen molar-refractivity contribution in [1.82, 2.24) is 0 Å². The monoisotopic (exact) mass is 409 g/mol. The fourth-order valence-electron chi connectivity index (χ4n) is 2.20. The Morgan fingerprint density at radius 3 is 2.37 bits per heavy atom. The largest absolute Gasteiger partial charge is 0.465 e. The van der Waals surface area contributed by atoms with Gasteiger partial charge in [0, 0.05) is 16.2 Å². The minimum absolute atomic E-state index is 0.0226. The third-order valence-electron chi connectivity index (χ3n) is 3.49. The van der Waals surface area contributed by atoms with Crippen molar-refractivity contribution in [2.24, 2.45) is 0 Å². The van der Waals surface area contributed by atoms with Crippen molar-refractivity contribution in [2.45, 2.75) is 17.9 Å². The molecule has 0 saturated heterocycles. The highest BCUT2D eigenvalue weighted by Gasteiger charge is 2.27. The van der Waals surface area contributed by atoms with Gasteiger partial charge in [0.25, 0.3) is 0 Å². The summed E-state index contributed by atoms with van der Waals surface area (Å²) >= 11 is 2.42. The molecule has 0 fully saturated rings. The van der Waals surface area contributed by atoms with Crippen LogP contribution in [0.4, 0.5) is 5.00 Å². The number of anilines is 1. The number of thiophene rings is 1. The van der Waals surface area contributed by atoms with E-state index in [2.05, 4.69) is 0 Å². The van der Waals surface area contributed by atoms with Gasteiger partial charge in [-0.15, -0.1) is 23.1 Å². The summed E-state index contributed by atoms with van der Waals surface area (Å²) in [7, 11) is 2.42. The summed E-state index contributed by atoms with van der Waals surface area (Å²) in [5.41, 5.74) is 6.05. The van der Waals surface area contributed by atoms with Gasteiger partial charge in [0.1, 0.15) is 22.0 Å². The Morgan fingerprint density at radius 1 is 1.07 bits per heavy atom. The Kier molecular flexibility index (Phi) is 7.68. The second-order valence-corrected chi connectivity index (χ2v) is 7.42. The van der Waals surface area contributed by atoms with Gasteiger partial charge in [-0.2, -0.15) is 0 Å². The fraction of sp³-hybridized carbons (Fsp3) is 0.278. The lowest BCUT2D eigenvalue weighted by Gasteiger charge is -2.08. The first-order valence-electron chi connectivity index (χ1n) is 7.89. The molecule has 9 heteroatoms. The van der Waals surface area contributed by atoms with E-state index in [0.29, 0.717) is 5.75 Å². The lowest BCUT2D eigenvalue weighted by Crippen LogP contribution is -2.13. The summed E-state index contributed by atoms with van der Waals surface area (Å²) in [6, 6.07) is 9.67. The molecule has 7 nitrogen and oxygen atoms in total. The molecule has 0 atom stereocenters. The zero-order chi connectivity index (χ0) is 19.8. The van der Waals surface area contributed by atoms with Crippen LogP contribution in [-0.4, -0.2) is 37.9 Å². The minimum Gasteiger partial charge on any atom is -0.465 e. The van der Waals surface area contributed by atoms with Gasteiger partial charge < -0.3 is 19.9 Å². The quantitative estimate of drug-likeness (QED) is 0.403. The Bertz CT molecular complexity index is 819. The highest BCUT2D eigenvalue weighted by Crippen LogP contribution is 2.33. The molecule has 27 heavy (non-hydrogen) atoms. The normalized spacial score (nSPS) is 10.3. The van der Waals surface area contributed by atoms with Crippen molar-refractivity contribution >= 4 is 46.0 Å². The number of carbonyl (C=O) groups excluding carboxylic acids is 3. The number of nitrogens with two attached hydrogens (primary N) is 1. The van der Waals surface area contributed by atoms with Crippen molar-refractivity contribution < 1.29 is 28.6 Å². The second-order valence-electron chi connectivity index (χ2n) is 5.20. The summed E-state index contributed by atoms with van der Waals surface area (Å²) in [5, 5.41) is 0.105. The van der Waals surface area contributed by atoms with Gasteiger partial charge in [-0.25, -0.2) is 9.59 Å². The van der Waals surface area contributed by atoms with Crippen LogP contribution < -0.4 is 5.73 Å². The molecule has 0 spiro atoms. The number of methoxy groups -OCH3 is 2. The Morgan fingerprint density at radius 2 is 1.74 bits per heavy atom. The van der Waals surface area contributed by atoms with Crippen molar-refractivity contribution in [2.75, 3.05) is 25.7 Å². The van der Waals surface area contributed by atoms with Gasteiger partial charge >= 0.3 is 17.9 Å². The summed E-state index contributed by atoms with van der Waals surface area (Å²) in [6.45, 7) is -0.266. The van der Waals surface area contributed by atoms with Gasteiger partial charge in [-0.3, -0.25) is 4.79 Å². The summed E-state index contributed by atoms with van der Waals surface area (Å²) in [5.74, 6) is -1.27. The fourth-order valence-corrected chi connectivity index (χ4v) is 4.03. The predicted molar refractivity (Wildman–Crippen MR) is 103 cm³/mol. The van der Waals surface area contributed by atoms with Crippen LogP contribution in [0.5, 0.6) is 0 Å². The number of hydrogen-bond acceptors (Lipinski definition) is 9. The topological polar surface area (TPSA) is 105 Å². The van der Waals surface area contributed by atoms with E-state index in [1.54, 1.807) is 0 Å². The zero-order valence-corrected chi connectivity index (χ0v) is 16.5. The molecule has 2 N–H and O–H groups in total. The Labute approximate surface area is 164 Å². The molecular weight excluding hydrogens is 390 g/mol. The van der Waals surface area contributed by atoms with E-state index < -0.39 is 17.9 Å². The van der Waals surface area contributed by atoms with Gasteiger partial charge in [0.05, 0.1) is 20.6 Å².